The van der Waals surface area contributed by atoms with Gasteiger partial charge >= 0.3 is 6.09 Å². The fourth-order valence-electron chi connectivity index (χ4n) is 3.44. The number of likely N-dealkylation sites (tertiary alicyclic amines) is 1. The van der Waals surface area contributed by atoms with E-state index in [9.17, 15) is 4.79 Å². The predicted molar refractivity (Wildman–Crippen MR) is 103 cm³/mol. The Morgan fingerprint density at radius 1 is 1.19 bits per heavy atom. The summed E-state index contributed by atoms with van der Waals surface area (Å²) in [7, 11) is 3.96. The van der Waals surface area contributed by atoms with E-state index in [4.69, 9.17) is 4.74 Å². The van der Waals surface area contributed by atoms with E-state index in [1.807, 2.05) is 67.2 Å². The number of hydrogen-bond donors (Lipinski definition) is 0. The summed E-state index contributed by atoms with van der Waals surface area (Å²) in [4.78, 5) is 21.3. The summed E-state index contributed by atoms with van der Waals surface area (Å²) in [6, 6.07) is 14.0. The maximum absolute atomic E-state index is 12.7. The minimum atomic E-state index is -0.241. The Morgan fingerprint density at radius 3 is 2.65 bits per heavy atom. The van der Waals surface area contributed by atoms with Crippen LogP contribution < -0.4 is 4.90 Å². The normalized spacial score (nSPS) is 17.0. The number of carbonyl (C=O) groups is 1. The number of aryl methyl sites for hydroxylation is 1. The number of aromatic nitrogens is 1. The van der Waals surface area contributed by atoms with Crippen molar-refractivity contribution < 1.29 is 9.53 Å². The standard InChI is InChI=1S/C21H27N3O2/c1-16-18(12-13-20(22-16)23(2)3)19-11-7-8-14-24(19)21(25)26-15-17-9-5-4-6-10-17/h4-6,9-10,12-13,19H,7-8,11,14-15H2,1-3H3/t19-/m1/s1. The van der Waals surface area contributed by atoms with Gasteiger partial charge in [0.1, 0.15) is 12.4 Å². The summed E-state index contributed by atoms with van der Waals surface area (Å²) in [6.45, 7) is 3.05. The van der Waals surface area contributed by atoms with Gasteiger partial charge in [0, 0.05) is 26.3 Å². The van der Waals surface area contributed by atoms with Gasteiger partial charge in [0.25, 0.3) is 0 Å². The van der Waals surface area contributed by atoms with E-state index in [1.165, 1.54) is 0 Å². The molecule has 5 heteroatoms. The quantitative estimate of drug-likeness (QED) is 0.821. The molecule has 2 heterocycles. The van der Waals surface area contributed by atoms with Gasteiger partial charge in [0.15, 0.2) is 0 Å². The zero-order chi connectivity index (χ0) is 18.5. The first kappa shape index (κ1) is 18.2. The van der Waals surface area contributed by atoms with Crippen LogP contribution in [0.4, 0.5) is 10.6 Å². The third-order valence-corrected chi connectivity index (χ3v) is 4.87. The Kier molecular flexibility index (Phi) is 5.76. The van der Waals surface area contributed by atoms with Gasteiger partial charge in [-0.3, -0.25) is 0 Å². The molecule has 0 aliphatic carbocycles. The highest BCUT2D eigenvalue weighted by Crippen LogP contribution is 2.33. The molecule has 1 fully saturated rings. The summed E-state index contributed by atoms with van der Waals surface area (Å²) < 4.78 is 5.58. The molecule has 0 bridgehead atoms. The average Bonchev–Trinajstić information content (AvgIpc) is 2.67. The molecule has 1 amide bonds. The molecule has 0 spiro atoms. The molecular formula is C21H27N3O2. The van der Waals surface area contributed by atoms with Crippen molar-refractivity contribution in [1.82, 2.24) is 9.88 Å². The van der Waals surface area contributed by atoms with Crippen LogP contribution in [0.3, 0.4) is 0 Å². The molecule has 1 aromatic heterocycles. The molecule has 0 radical (unpaired) electrons. The maximum Gasteiger partial charge on any atom is 0.410 e. The molecule has 26 heavy (non-hydrogen) atoms. The van der Waals surface area contributed by atoms with E-state index in [0.29, 0.717) is 6.61 Å². The third kappa shape index (κ3) is 4.15. The summed E-state index contributed by atoms with van der Waals surface area (Å²) in [5.41, 5.74) is 3.10. The first-order chi connectivity index (χ1) is 12.6. The number of benzene rings is 1. The largest absolute Gasteiger partial charge is 0.445 e. The Labute approximate surface area is 155 Å². The number of hydrogen-bond acceptors (Lipinski definition) is 4. The van der Waals surface area contributed by atoms with Crippen LogP contribution in [0.2, 0.25) is 0 Å². The lowest BCUT2D eigenvalue weighted by Crippen LogP contribution is -2.39. The molecule has 1 saturated heterocycles. The molecule has 1 aliphatic heterocycles. The van der Waals surface area contributed by atoms with Crippen molar-refractivity contribution in [2.24, 2.45) is 0 Å². The van der Waals surface area contributed by atoms with Crippen LogP contribution >= 0.6 is 0 Å². The van der Waals surface area contributed by atoms with Gasteiger partial charge in [-0.1, -0.05) is 36.4 Å². The summed E-state index contributed by atoms with van der Waals surface area (Å²) in [5, 5.41) is 0. The van der Waals surface area contributed by atoms with E-state index >= 15 is 0 Å². The van der Waals surface area contributed by atoms with Gasteiger partial charge in [0.05, 0.1) is 6.04 Å². The van der Waals surface area contributed by atoms with Gasteiger partial charge < -0.3 is 14.5 Å². The average molecular weight is 353 g/mol. The van der Waals surface area contributed by atoms with Crippen molar-refractivity contribution in [1.29, 1.82) is 0 Å². The molecule has 1 aromatic carbocycles. The predicted octanol–water partition coefficient (Wildman–Crippen LogP) is 4.32. The van der Waals surface area contributed by atoms with Crippen molar-refractivity contribution in [2.75, 3.05) is 25.5 Å². The minimum Gasteiger partial charge on any atom is -0.445 e. The highest BCUT2D eigenvalue weighted by atomic mass is 16.6. The fourth-order valence-corrected chi connectivity index (χ4v) is 3.44. The molecule has 1 atom stereocenters. The molecule has 0 N–H and O–H groups in total. The molecular weight excluding hydrogens is 326 g/mol. The molecule has 0 unspecified atom stereocenters. The van der Waals surface area contributed by atoms with Crippen LogP contribution in [0.1, 0.15) is 42.1 Å². The first-order valence-electron chi connectivity index (χ1n) is 9.18. The topological polar surface area (TPSA) is 45.7 Å². The zero-order valence-electron chi connectivity index (χ0n) is 15.8. The fraction of sp³-hybridized carbons (Fsp3) is 0.429. The number of rotatable bonds is 4. The van der Waals surface area contributed by atoms with E-state index < -0.39 is 0 Å². The minimum absolute atomic E-state index is 0.0377. The maximum atomic E-state index is 12.7. The second-order valence-corrected chi connectivity index (χ2v) is 6.98. The summed E-state index contributed by atoms with van der Waals surface area (Å²) in [5.74, 6) is 0.931. The van der Waals surface area contributed by atoms with Crippen LogP contribution in [-0.4, -0.2) is 36.6 Å². The van der Waals surface area contributed by atoms with E-state index in [1.54, 1.807) is 0 Å². The summed E-state index contributed by atoms with van der Waals surface area (Å²) in [6.07, 6.45) is 2.83. The number of amides is 1. The summed E-state index contributed by atoms with van der Waals surface area (Å²) >= 11 is 0. The number of carbonyl (C=O) groups excluding carboxylic acids is 1. The molecule has 3 rings (SSSR count). The van der Waals surface area contributed by atoms with Crippen LogP contribution in [0.25, 0.3) is 0 Å². The highest BCUT2D eigenvalue weighted by molar-refractivity contribution is 5.68. The van der Waals surface area contributed by atoms with E-state index in [-0.39, 0.29) is 12.1 Å². The van der Waals surface area contributed by atoms with Gasteiger partial charge in [-0.05, 0) is 43.4 Å². The lowest BCUT2D eigenvalue weighted by atomic mass is 9.94. The smallest absolute Gasteiger partial charge is 0.410 e. The van der Waals surface area contributed by atoms with Gasteiger partial charge in [-0.15, -0.1) is 0 Å². The molecule has 0 saturated carbocycles. The third-order valence-electron chi connectivity index (χ3n) is 4.87. The van der Waals surface area contributed by atoms with Gasteiger partial charge in [-0.2, -0.15) is 0 Å². The zero-order valence-corrected chi connectivity index (χ0v) is 15.8. The van der Waals surface area contributed by atoms with Crippen molar-refractivity contribution in [3.05, 3.63) is 59.3 Å². The van der Waals surface area contributed by atoms with Crippen LogP contribution in [-0.2, 0) is 11.3 Å². The van der Waals surface area contributed by atoms with Crippen molar-refractivity contribution in [3.8, 4) is 0 Å². The van der Waals surface area contributed by atoms with Gasteiger partial charge in [-0.25, -0.2) is 9.78 Å². The SMILES string of the molecule is Cc1nc(N(C)C)ccc1[C@H]1CCCCN1C(=O)OCc1ccccc1. The van der Waals surface area contributed by atoms with Gasteiger partial charge in [0.2, 0.25) is 0 Å². The second kappa shape index (κ2) is 8.21. The van der Waals surface area contributed by atoms with E-state index in [0.717, 1.165) is 48.4 Å². The Morgan fingerprint density at radius 2 is 1.96 bits per heavy atom. The van der Waals surface area contributed by atoms with Crippen LogP contribution in [0, 0.1) is 6.92 Å². The molecule has 1 aliphatic rings. The van der Waals surface area contributed by atoms with E-state index in [2.05, 4.69) is 11.1 Å². The Bertz CT molecular complexity index is 746. The lowest BCUT2D eigenvalue weighted by Gasteiger charge is -2.35. The number of ether oxygens (including phenoxy) is 1. The van der Waals surface area contributed by atoms with Crippen molar-refractivity contribution >= 4 is 11.9 Å². The Balaban J connectivity index is 1.74. The second-order valence-electron chi connectivity index (χ2n) is 6.98. The first-order valence-corrected chi connectivity index (χ1v) is 9.18. The lowest BCUT2D eigenvalue weighted by molar-refractivity contribution is 0.0677. The highest BCUT2D eigenvalue weighted by Gasteiger charge is 2.30. The molecule has 2 aromatic rings. The van der Waals surface area contributed by atoms with Crippen LogP contribution in [0.5, 0.6) is 0 Å². The van der Waals surface area contributed by atoms with Crippen LogP contribution in [0.15, 0.2) is 42.5 Å². The monoisotopic (exact) mass is 353 g/mol. The number of pyridine rings is 1. The Hall–Kier alpha value is -2.56. The number of piperidine rings is 1. The molecule has 138 valence electrons. The van der Waals surface area contributed by atoms with Crippen molar-refractivity contribution in [3.63, 3.8) is 0 Å². The van der Waals surface area contributed by atoms with Crippen molar-refractivity contribution in [2.45, 2.75) is 38.8 Å². The number of nitrogens with zero attached hydrogens (tertiary/aromatic N) is 3. The molecule has 5 nitrogen and oxygen atoms in total. The number of anilines is 1.